The molecule has 0 aromatic heterocycles. The number of nitrogens with zero attached hydrogens (tertiary/aromatic N) is 1. The Hall–Kier alpha value is -1.43. The number of carbonyl (C=O) groups is 2. The van der Waals surface area contributed by atoms with Gasteiger partial charge in [-0.3, -0.25) is 4.79 Å². The summed E-state index contributed by atoms with van der Waals surface area (Å²) in [4.78, 5) is 25.9. The Morgan fingerprint density at radius 3 is 2.70 bits per heavy atom. The SMILES string of the molecule is CC(C)(C)OC(=O)N1CCC(C(=O)Cc2ccc(Br)cc2F)C1. The average molecular weight is 386 g/mol. The fraction of sp³-hybridized carbons (Fsp3) is 0.529. The first-order valence-electron chi connectivity index (χ1n) is 7.60. The van der Waals surface area contributed by atoms with Gasteiger partial charge in [-0.05, 0) is 44.9 Å². The van der Waals surface area contributed by atoms with E-state index in [-0.39, 0.29) is 18.1 Å². The van der Waals surface area contributed by atoms with Gasteiger partial charge in [0.1, 0.15) is 17.2 Å². The molecule has 126 valence electrons. The lowest BCUT2D eigenvalue weighted by molar-refractivity contribution is -0.121. The predicted octanol–water partition coefficient (Wildman–Crippen LogP) is 3.96. The van der Waals surface area contributed by atoms with Crippen LogP contribution in [0.15, 0.2) is 22.7 Å². The van der Waals surface area contributed by atoms with Gasteiger partial charge in [-0.2, -0.15) is 0 Å². The molecule has 1 aromatic carbocycles. The summed E-state index contributed by atoms with van der Waals surface area (Å²) in [6.45, 7) is 6.25. The molecule has 1 amide bonds. The van der Waals surface area contributed by atoms with Gasteiger partial charge in [0.25, 0.3) is 0 Å². The molecule has 1 aromatic rings. The molecule has 1 fully saturated rings. The summed E-state index contributed by atoms with van der Waals surface area (Å²) in [7, 11) is 0. The van der Waals surface area contributed by atoms with Crippen molar-refractivity contribution in [2.75, 3.05) is 13.1 Å². The molecule has 1 aliphatic rings. The van der Waals surface area contributed by atoms with Gasteiger partial charge in [-0.15, -0.1) is 0 Å². The number of rotatable bonds is 3. The van der Waals surface area contributed by atoms with E-state index in [9.17, 15) is 14.0 Å². The second kappa shape index (κ2) is 6.99. The topological polar surface area (TPSA) is 46.6 Å². The molecular weight excluding hydrogens is 365 g/mol. The highest BCUT2D eigenvalue weighted by Gasteiger charge is 2.33. The van der Waals surface area contributed by atoms with Gasteiger partial charge in [0.15, 0.2) is 0 Å². The van der Waals surface area contributed by atoms with Crippen LogP contribution in [0.2, 0.25) is 0 Å². The summed E-state index contributed by atoms with van der Waals surface area (Å²) in [6.07, 6.45) is 0.241. The Morgan fingerprint density at radius 2 is 2.09 bits per heavy atom. The fourth-order valence-corrected chi connectivity index (χ4v) is 2.85. The monoisotopic (exact) mass is 385 g/mol. The van der Waals surface area contributed by atoms with Crippen LogP contribution in [0, 0.1) is 11.7 Å². The highest BCUT2D eigenvalue weighted by atomic mass is 79.9. The number of hydrogen-bond acceptors (Lipinski definition) is 3. The third-order valence-electron chi connectivity index (χ3n) is 3.68. The first kappa shape index (κ1) is 17.9. The highest BCUT2D eigenvalue weighted by Crippen LogP contribution is 2.23. The lowest BCUT2D eigenvalue weighted by Gasteiger charge is -2.24. The quantitative estimate of drug-likeness (QED) is 0.790. The van der Waals surface area contributed by atoms with E-state index in [1.54, 1.807) is 37.8 Å². The maximum Gasteiger partial charge on any atom is 0.410 e. The molecule has 1 atom stereocenters. The normalized spacial score (nSPS) is 18.1. The number of ether oxygens (including phenoxy) is 1. The number of amides is 1. The number of Topliss-reactive ketones (excluding diaryl/α,β-unsaturated/α-hetero) is 1. The molecule has 1 saturated heterocycles. The molecule has 1 aliphatic heterocycles. The number of benzene rings is 1. The van der Waals surface area contributed by atoms with E-state index in [0.717, 1.165) is 0 Å². The molecule has 0 saturated carbocycles. The molecule has 0 aliphatic carbocycles. The van der Waals surface area contributed by atoms with Crippen LogP contribution in [0.25, 0.3) is 0 Å². The summed E-state index contributed by atoms with van der Waals surface area (Å²) in [6, 6.07) is 4.68. The zero-order chi connectivity index (χ0) is 17.2. The van der Waals surface area contributed by atoms with Gasteiger partial charge < -0.3 is 9.64 Å². The molecule has 0 spiro atoms. The Morgan fingerprint density at radius 1 is 1.39 bits per heavy atom. The van der Waals surface area contributed by atoms with E-state index in [1.807, 2.05) is 0 Å². The molecule has 0 N–H and O–H groups in total. The molecular formula is C17H21BrFNO3. The van der Waals surface area contributed by atoms with Crippen molar-refractivity contribution < 1.29 is 18.7 Å². The first-order valence-corrected chi connectivity index (χ1v) is 8.39. The van der Waals surface area contributed by atoms with Crippen molar-refractivity contribution in [2.45, 2.75) is 39.2 Å². The maximum atomic E-state index is 13.8. The van der Waals surface area contributed by atoms with Crippen LogP contribution in [0.4, 0.5) is 9.18 Å². The fourth-order valence-electron chi connectivity index (χ4n) is 2.51. The number of likely N-dealkylation sites (tertiary alicyclic amines) is 1. The van der Waals surface area contributed by atoms with Crippen molar-refractivity contribution in [1.82, 2.24) is 4.90 Å². The molecule has 1 heterocycles. The summed E-state index contributed by atoms with van der Waals surface area (Å²) in [5.41, 5.74) is -0.173. The van der Waals surface area contributed by atoms with Gasteiger partial charge in [0.2, 0.25) is 0 Å². The van der Waals surface area contributed by atoms with Gasteiger partial charge in [-0.25, -0.2) is 9.18 Å². The second-order valence-electron chi connectivity index (χ2n) is 6.79. The minimum Gasteiger partial charge on any atom is -0.444 e. The smallest absolute Gasteiger partial charge is 0.410 e. The standard InChI is InChI=1S/C17H21BrFNO3/c1-17(2,3)23-16(22)20-7-6-12(10-20)15(21)8-11-4-5-13(18)9-14(11)19/h4-5,9,12H,6-8,10H2,1-3H3. The minimum absolute atomic E-state index is 0.0442. The van der Waals surface area contributed by atoms with Crippen LogP contribution in [0.1, 0.15) is 32.8 Å². The van der Waals surface area contributed by atoms with Crippen LogP contribution < -0.4 is 0 Å². The maximum absolute atomic E-state index is 13.8. The lowest BCUT2D eigenvalue weighted by Crippen LogP contribution is -2.36. The Kier molecular flexibility index (Phi) is 5.45. The summed E-state index contributed by atoms with van der Waals surface area (Å²) in [5.74, 6) is -0.697. The molecule has 0 bridgehead atoms. The second-order valence-corrected chi connectivity index (χ2v) is 7.71. The Bertz CT molecular complexity index is 612. The van der Waals surface area contributed by atoms with Gasteiger partial charge in [-0.1, -0.05) is 22.0 Å². The van der Waals surface area contributed by atoms with E-state index in [4.69, 9.17) is 4.74 Å². The lowest BCUT2D eigenvalue weighted by atomic mass is 9.97. The van der Waals surface area contributed by atoms with Gasteiger partial charge in [0, 0.05) is 29.9 Å². The zero-order valence-corrected chi connectivity index (χ0v) is 15.2. The first-order chi connectivity index (χ1) is 10.7. The van der Waals surface area contributed by atoms with Crippen molar-refractivity contribution >= 4 is 27.8 Å². The van der Waals surface area contributed by atoms with E-state index in [0.29, 0.717) is 29.5 Å². The van der Waals surface area contributed by atoms with Crippen molar-refractivity contribution in [3.05, 3.63) is 34.1 Å². The van der Waals surface area contributed by atoms with Gasteiger partial charge >= 0.3 is 6.09 Å². The van der Waals surface area contributed by atoms with Crippen molar-refractivity contribution in [2.24, 2.45) is 5.92 Å². The molecule has 0 radical (unpaired) electrons. The van der Waals surface area contributed by atoms with Gasteiger partial charge in [0.05, 0.1) is 0 Å². The average Bonchev–Trinajstić information content (AvgIpc) is 2.90. The number of halogens is 2. The summed E-state index contributed by atoms with van der Waals surface area (Å²) >= 11 is 3.19. The van der Waals surface area contributed by atoms with E-state index in [2.05, 4.69) is 15.9 Å². The Balaban J connectivity index is 1.93. The largest absolute Gasteiger partial charge is 0.444 e. The molecule has 6 heteroatoms. The minimum atomic E-state index is -0.556. The van der Waals surface area contributed by atoms with E-state index in [1.165, 1.54) is 6.07 Å². The van der Waals surface area contributed by atoms with Crippen molar-refractivity contribution in [3.63, 3.8) is 0 Å². The van der Waals surface area contributed by atoms with E-state index >= 15 is 0 Å². The molecule has 23 heavy (non-hydrogen) atoms. The van der Waals surface area contributed by atoms with Crippen LogP contribution in [0.5, 0.6) is 0 Å². The molecule has 4 nitrogen and oxygen atoms in total. The van der Waals surface area contributed by atoms with Crippen molar-refractivity contribution in [3.8, 4) is 0 Å². The third-order valence-corrected chi connectivity index (χ3v) is 4.17. The summed E-state index contributed by atoms with van der Waals surface area (Å²) < 4.78 is 19.8. The zero-order valence-electron chi connectivity index (χ0n) is 13.6. The van der Waals surface area contributed by atoms with Crippen LogP contribution >= 0.6 is 15.9 Å². The van der Waals surface area contributed by atoms with Crippen LogP contribution in [0.3, 0.4) is 0 Å². The van der Waals surface area contributed by atoms with E-state index < -0.39 is 17.5 Å². The number of carbonyl (C=O) groups excluding carboxylic acids is 2. The third kappa shape index (κ3) is 5.03. The van der Waals surface area contributed by atoms with Crippen LogP contribution in [-0.2, 0) is 16.0 Å². The summed E-state index contributed by atoms with van der Waals surface area (Å²) in [5, 5.41) is 0. The number of ketones is 1. The number of hydrogen-bond donors (Lipinski definition) is 0. The molecule has 2 rings (SSSR count). The highest BCUT2D eigenvalue weighted by molar-refractivity contribution is 9.10. The predicted molar refractivity (Wildman–Crippen MR) is 88.7 cm³/mol. The molecule has 1 unspecified atom stereocenters. The Labute approximate surface area is 144 Å². The van der Waals surface area contributed by atoms with Crippen LogP contribution in [-0.4, -0.2) is 35.5 Å². The van der Waals surface area contributed by atoms with Crippen molar-refractivity contribution in [1.29, 1.82) is 0 Å².